The molecular formula is C11H10BrNO3S. The summed E-state index contributed by atoms with van der Waals surface area (Å²) in [4.78, 5) is 36.6. The molecule has 0 aliphatic carbocycles. The summed E-state index contributed by atoms with van der Waals surface area (Å²) in [5, 5.41) is 0. The lowest BCUT2D eigenvalue weighted by Crippen LogP contribution is -2.35. The number of thiophene rings is 1. The van der Waals surface area contributed by atoms with Crippen LogP contribution in [0.15, 0.2) is 15.9 Å². The SMILES string of the molecule is CC1CC(=O)N(CC(=O)c2ccc(Br)s2)C1=O. The van der Waals surface area contributed by atoms with Gasteiger partial charge in [-0.25, -0.2) is 0 Å². The molecule has 6 heteroatoms. The molecule has 1 aromatic heterocycles. The smallest absolute Gasteiger partial charge is 0.232 e. The van der Waals surface area contributed by atoms with Gasteiger partial charge in [0.15, 0.2) is 5.78 Å². The van der Waals surface area contributed by atoms with E-state index in [0.29, 0.717) is 4.88 Å². The van der Waals surface area contributed by atoms with Crippen molar-refractivity contribution in [1.29, 1.82) is 0 Å². The van der Waals surface area contributed by atoms with E-state index in [0.717, 1.165) is 8.69 Å². The second-order valence-corrected chi connectivity index (χ2v) is 6.41. The van der Waals surface area contributed by atoms with Crippen LogP contribution >= 0.6 is 27.3 Å². The molecule has 2 rings (SSSR count). The first-order valence-corrected chi connectivity index (χ1v) is 6.72. The van der Waals surface area contributed by atoms with Gasteiger partial charge in [0.25, 0.3) is 0 Å². The van der Waals surface area contributed by atoms with Crippen LogP contribution in [0.4, 0.5) is 0 Å². The first kappa shape index (κ1) is 12.4. The van der Waals surface area contributed by atoms with Crippen molar-refractivity contribution in [2.45, 2.75) is 13.3 Å². The molecule has 17 heavy (non-hydrogen) atoms. The Labute approximate surface area is 111 Å². The van der Waals surface area contributed by atoms with Crippen LogP contribution in [0.5, 0.6) is 0 Å². The van der Waals surface area contributed by atoms with Crippen molar-refractivity contribution in [2.75, 3.05) is 6.54 Å². The van der Waals surface area contributed by atoms with Crippen LogP contribution in [-0.4, -0.2) is 29.0 Å². The molecule has 0 N–H and O–H groups in total. The van der Waals surface area contributed by atoms with Gasteiger partial charge in [-0.1, -0.05) is 6.92 Å². The van der Waals surface area contributed by atoms with E-state index < -0.39 is 0 Å². The van der Waals surface area contributed by atoms with Gasteiger partial charge >= 0.3 is 0 Å². The lowest BCUT2D eigenvalue weighted by molar-refractivity contribution is -0.138. The fourth-order valence-electron chi connectivity index (χ4n) is 1.70. The first-order chi connectivity index (χ1) is 7.99. The second kappa shape index (κ2) is 4.70. The molecule has 1 saturated heterocycles. The summed E-state index contributed by atoms with van der Waals surface area (Å²) >= 11 is 4.57. The summed E-state index contributed by atoms with van der Waals surface area (Å²) in [5.74, 6) is -1.01. The molecule has 1 aliphatic heterocycles. The lowest BCUT2D eigenvalue weighted by Gasteiger charge is -2.12. The third-order valence-electron chi connectivity index (χ3n) is 2.62. The van der Waals surface area contributed by atoms with Crippen LogP contribution in [0.3, 0.4) is 0 Å². The van der Waals surface area contributed by atoms with Gasteiger partial charge in [-0.2, -0.15) is 0 Å². The predicted molar refractivity (Wildman–Crippen MR) is 66.9 cm³/mol. The van der Waals surface area contributed by atoms with Crippen molar-refractivity contribution in [3.8, 4) is 0 Å². The first-order valence-electron chi connectivity index (χ1n) is 5.12. The van der Waals surface area contributed by atoms with Gasteiger partial charge < -0.3 is 0 Å². The molecule has 0 saturated carbocycles. The molecule has 1 unspecified atom stereocenters. The van der Waals surface area contributed by atoms with Crippen molar-refractivity contribution < 1.29 is 14.4 Å². The topological polar surface area (TPSA) is 54.5 Å². The Kier molecular flexibility index (Phi) is 3.44. The van der Waals surface area contributed by atoms with E-state index in [4.69, 9.17) is 0 Å². The summed E-state index contributed by atoms with van der Waals surface area (Å²) in [6, 6.07) is 3.46. The van der Waals surface area contributed by atoms with E-state index in [1.165, 1.54) is 11.3 Å². The Morgan fingerprint density at radius 3 is 2.71 bits per heavy atom. The van der Waals surface area contributed by atoms with Crippen LogP contribution < -0.4 is 0 Å². The largest absolute Gasteiger partial charge is 0.291 e. The third-order valence-corrected chi connectivity index (χ3v) is 4.28. The maximum atomic E-state index is 11.9. The fraction of sp³-hybridized carbons (Fsp3) is 0.364. The number of hydrogen-bond acceptors (Lipinski definition) is 4. The van der Waals surface area contributed by atoms with Gasteiger partial charge in [-0.3, -0.25) is 19.3 Å². The number of nitrogens with zero attached hydrogens (tertiary/aromatic N) is 1. The molecule has 1 aliphatic rings. The number of rotatable bonds is 3. The predicted octanol–water partition coefficient (Wildman–Crippen LogP) is 2.09. The minimum absolute atomic E-state index is 0.144. The second-order valence-electron chi connectivity index (χ2n) is 3.95. The Morgan fingerprint density at radius 2 is 2.24 bits per heavy atom. The maximum Gasteiger partial charge on any atom is 0.232 e. The van der Waals surface area contributed by atoms with Crippen LogP contribution in [0.2, 0.25) is 0 Å². The Bertz CT molecular complexity index is 497. The van der Waals surface area contributed by atoms with Gasteiger partial charge in [0.1, 0.15) is 0 Å². The van der Waals surface area contributed by atoms with Gasteiger partial charge in [0, 0.05) is 12.3 Å². The minimum Gasteiger partial charge on any atom is -0.291 e. The molecule has 4 nitrogen and oxygen atoms in total. The third kappa shape index (κ3) is 2.47. The number of imide groups is 1. The van der Waals surface area contributed by atoms with Crippen LogP contribution in [-0.2, 0) is 9.59 Å². The Hall–Kier alpha value is -1.01. The van der Waals surface area contributed by atoms with E-state index in [1.54, 1.807) is 19.1 Å². The zero-order valence-corrected chi connectivity index (χ0v) is 11.5. The van der Waals surface area contributed by atoms with E-state index in [-0.39, 0.29) is 36.5 Å². The van der Waals surface area contributed by atoms with Gasteiger partial charge in [-0.15, -0.1) is 11.3 Å². The minimum atomic E-state index is -0.301. The average molecular weight is 316 g/mol. The Morgan fingerprint density at radius 1 is 1.53 bits per heavy atom. The van der Waals surface area contributed by atoms with Crippen LogP contribution in [0.25, 0.3) is 0 Å². The molecule has 1 aromatic rings. The zero-order chi connectivity index (χ0) is 12.6. The van der Waals surface area contributed by atoms with Gasteiger partial charge in [0.2, 0.25) is 11.8 Å². The number of carbonyl (C=O) groups excluding carboxylic acids is 3. The highest BCUT2D eigenvalue weighted by Gasteiger charge is 2.36. The molecule has 0 radical (unpaired) electrons. The van der Waals surface area contributed by atoms with Crippen molar-refractivity contribution in [3.05, 3.63) is 20.8 Å². The number of halogens is 1. The average Bonchev–Trinajstić information content (AvgIpc) is 2.79. The highest BCUT2D eigenvalue weighted by atomic mass is 79.9. The molecular weight excluding hydrogens is 306 g/mol. The number of hydrogen-bond donors (Lipinski definition) is 0. The molecule has 0 bridgehead atoms. The number of likely N-dealkylation sites (tertiary alicyclic amines) is 1. The summed E-state index contributed by atoms with van der Waals surface area (Å²) < 4.78 is 0.855. The van der Waals surface area contributed by atoms with Gasteiger partial charge in [-0.05, 0) is 28.1 Å². The molecule has 90 valence electrons. The highest BCUT2D eigenvalue weighted by Crippen LogP contribution is 2.24. The molecule has 0 aromatic carbocycles. The standard InChI is InChI=1S/C11H10BrNO3S/c1-6-4-10(15)13(11(6)16)5-7(14)8-2-3-9(12)17-8/h2-3,6H,4-5H2,1H3. The normalized spacial score (nSPS) is 20.1. The molecule has 1 atom stereocenters. The molecule has 1 fully saturated rings. The summed E-state index contributed by atoms with van der Waals surface area (Å²) in [5.41, 5.74) is 0. The quantitative estimate of drug-likeness (QED) is 0.634. The number of carbonyl (C=O) groups is 3. The number of Topliss-reactive ketones (excluding diaryl/α,β-unsaturated/α-hetero) is 1. The molecule has 2 heterocycles. The molecule has 0 spiro atoms. The molecule has 2 amide bonds. The zero-order valence-electron chi connectivity index (χ0n) is 9.10. The van der Waals surface area contributed by atoms with Crippen molar-refractivity contribution in [3.63, 3.8) is 0 Å². The highest BCUT2D eigenvalue weighted by molar-refractivity contribution is 9.11. The summed E-state index contributed by atoms with van der Waals surface area (Å²) in [6.07, 6.45) is 0.209. The number of amides is 2. The fourth-order valence-corrected chi connectivity index (χ4v) is 3.02. The van der Waals surface area contributed by atoms with E-state index in [1.807, 2.05) is 0 Å². The van der Waals surface area contributed by atoms with Crippen LogP contribution in [0, 0.1) is 5.92 Å². The monoisotopic (exact) mass is 315 g/mol. The van der Waals surface area contributed by atoms with Crippen molar-refractivity contribution in [1.82, 2.24) is 4.90 Å². The number of ketones is 1. The lowest BCUT2D eigenvalue weighted by atomic mass is 10.1. The van der Waals surface area contributed by atoms with Crippen molar-refractivity contribution in [2.24, 2.45) is 5.92 Å². The van der Waals surface area contributed by atoms with Gasteiger partial charge in [0.05, 0.1) is 15.2 Å². The van der Waals surface area contributed by atoms with E-state index >= 15 is 0 Å². The summed E-state index contributed by atoms with van der Waals surface area (Å²) in [7, 11) is 0. The van der Waals surface area contributed by atoms with E-state index in [2.05, 4.69) is 15.9 Å². The van der Waals surface area contributed by atoms with Crippen LogP contribution in [0.1, 0.15) is 23.0 Å². The Balaban J connectivity index is 2.09. The maximum absolute atomic E-state index is 11.9. The van der Waals surface area contributed by atoms with E-state index in [9.17, 15) is 14.4 Å². The summed E-state index contributed by atoms with van der Waals surface area (Å²) in [6.45, 7) is 1.56. The van der Waals surface area contributed by atoms with Crippen molar-refractivity contribution >= 4 is 44.9 Å².